The van der Waals surface area contributed by atoms with Crippen LogP contribution < -0.4 is 10.6 Å². The summed E-state index contributed by atoms with van der Waals surface area (Å²) in [6, 6.07) is 22.6. The van der Waals surface area contributed by atoms with Crippen LogP contribution >= 0.6 is 6.89 Å². The van der Waals surface area contributed by atoms with Gasteiger partial charge in [0.05, 0.1) is 0 Å². The fourth-order valence-electron chi connectivity index (χ4n) is 4.54. The molecule has 0 spiro atoms. The molecule has 0 aromatic heterocycles. The molecule has 0 atom stereocenters. The monoisotopic (exact) mass is 418 g/mol. The highest BCUT2D eigenvalue weighted by atomic mass is 31.2. The highest BCUT2D eigenvalue weighted by Gasteiger charge is 2.42. The molecule has 30 heavy (non-hydrogen) atoms. The highest BCUT2D eigenvalue weighted by Crippen LogP contribution is 2.65. The Morgan fingerprint density at radius 3 is 1.27 bits per heavy atom. The molecule has 0 nitrogen and oxygen atoms in total. The van der Waals surface area contributed by atoms with Gasteiger partial charge >= 0.3 is 0 Å². The number of hydrogen-bond acceptors (Lipinski definition) is 0. The van der Waals surface area contributed by atoms with Crippen molar-refractivity contribution in [3.8, 4) is 0 Å². The van der Waals surface area contributed by atoms with Crippen molar-refractivity contribution in [2.75, 3.05) is 0 Å². The fraction of sp³-hybridized carbons (Fsp3) is 0.414. The molecule has 3 rings (SSSR count). The Kier molecular flexibility index (Phi) is 5.90. The second-order valence-corrected chi connectivity index (χ2v) is 14.9. The van der Waals surface area contributed by atoms with Crippen LogP contribution in [0.2, 0.25) is 0 Å². The SMILES string of the molecule is CC(C)(C)C1=CC(C(C)(C)C)=P(c2ccccc2)(c2ccccc2)C(C(C)(C)C)=C1. The van der Waals surface area contributed by atoms with Crippen LogP contribution in [0.3, 0.4) is 0 Å². The lowest BCUT2D eigenvalue weighted by molar-refractivity contribution is 0.503. The van der Waals surface area contributed by atoms with Gasteiger partial charge in [-0.15, -0.1) is 0 Å². The predicted molar refractivity (Wildman–Crippen MR) is 139 cm³/mol. The Bertz CT molecular complexity index is 966. The van der Waals surface area contributed by atoms with Crippen LogP contribution in [0.15, 0.2) is 83.7 Å². The van der Waals surface area contributed by atoms with Crippen molar-refractivity contribution in [1.29, 1.82) is 0 Å². The smallest absolute Gasteiger partial charge is 0.0121 e. The summed E-state index contributed by atoms with van der Waals surface area (Å²) in [5.74, 6) is 0. The summed E-state index contributed by atoms with van der Waals surface area (Å²) in [5.41, 5.74) is 1.66. The largest absolute Gasteiger partial charge is 0.0622 e. The number of hydrogen-bond donors (Lipinski definition) is 0. The molecule has 1 heteroatoms. The third kappa shape index (κ3) is 4.04. The zero-order valence-corrected chi connectivity index (χ0v) is 21.3. The Hall–Kier alpha value is -1.78. The lowest BCUT2D eigenvalue weighted by Gasteiger charge is -2.46. The minimum absolute atomic E-state index is 0.0563. The number of rotatable bonds is 2. The number of benzene rings is 2. The third-order valence-electron chi connectivity index (χ3n) is 6.00. The van der Waals surface area contributed by atoms with Crippen molar-refractivity contribution < 1.29 is 0 Å². The minimum Gasteiger partial charge on any atom is -0.0622 e. The van der Waals surface area contributed by atoms with E-state index < -0.39 is 6.89 Å². The van der Waals surface area contributed by atoms with Gasteiger partial charge in [-0.2, -0.15) is 0 Å². The Balaban J connectivity index is 2.67. The molecular formula is C29H39P. The number of allylic oxidation sites excluding steroid dienone is 4. The summed E-state index contributed by atoms with van der Waals surface area (Å²) in [6.45, 7) is 19.4. The van der Waals surface area contributed by atoms with Crippen molar-refractivity contribution in [1.82, 2.24) is 0 Å². The van der Waals surface area contributed by atoms with Gasteiger partial charge in [-0.25, -0.2) is 0 Å². The molecule has 1 heterocycles. The van der Waals surface area contributed by atoms with E-state index in [1.807, 2.05) is 0 Å². The fourth-order valence-corrected chi connectivity index (χ4v) is 10.1. The third-order valence-corrected chi connectivity index (χ3v) is 11.2. The van der Waals surface area contributed by atoms with Gasteiger partial charge in [-0.05, 0) is 49.9 Å². The molecule has 0 bridgehead atoms. The summed E-state index contributed by atoms with van der Waals surface area (Å²) in [4.78, 5) is 0. The first-order valence-corrected chi connectivity index (χ1v) is 12.9. The van der Waals surface area contributed by atoms with Crippen LogP contribution in [0.1, 0.15) is 62.3 Å². The molecule has 0 amide bonds. The lowest BCUT2D eigenvalue weighted by atomic mass is 9.81. The molecule has 2 aromatic rings. The van der Waals surface area contributed by atoms with E-state index in [9.17, 15) is 0 Å². The second kappa shape index (κ2) is 7.72. The first-order chi connectivity index (χ1) is 13.8. The molecule has 0 N–H and O–H groups in total. The van der Waals surface area contributed by atoms with Gasteiger partial charge in [0.1, 0.15) is 0 Å². The van der Waals surface area contributed by atoms with Gasteiger partial charge in [0, 0.05) is 0 Å². The van der Waals surface area contributed by atoms with E-state index in [4.69, 9.17) is 0 Å². The van der Waals surface area contributed by atoms with Gasteiger partial charge in [0.25, 0.3) is 0 Å². The topological polar surface area (TPSA) is 0 Å². The first kappa shape index (κ1) is 22.9. The molecule has 0 unspecified atom stereocenters. The molecule has 1 aliphatic rings. The molecule has 0 fully saturated rings. The maximum absolute atomic E-state index is 2.56. The van der Waals surface area contributed by atoms with Gasteiger partial charge in [0.15, 0.2) is 0 Å². The van der Waals surface area contributed by atoms with Crippen LogP contribution in [-0.4, -0.2) is 5.29 Å². The minimum atomic E-state index is -1.96. The Morgan fingerprint density at radius 2 is 0.933 bits per heavy atom. The van der Waals surface area contributed by atoms with Crippen molar-refractivity contribution in [3.63, 3.8) is 0 Å². The molecule has 2 aromatic carbocycles. The van der Waals surface area contributed by atoms with Crippen molar-refractivity contribution in [2.24, 2.45) is 16.2 Å². The highest BCUT2D eigenvalue weighted by molar-refractivity contribution is 7.93. The van der Waals surface area contributed by atoms with Crippen LogP contribution in [0.5, 0.6) is 0 Å². The molecule has 1 aliphatic heterocycles. The van der Waals surface area contributed by atoms with Gasteiger partial charge in [0.2, 0.25) is 0 Å². The van der Waals surface area contributed by atoms with Gasteiger partial charge in [-0.3, -0.25) is 0 Å². The van der Waals surface area contributed by atoms with E-state index in [2.05, 4.69) is 135 Å². The van der Waals surface area contributed by atoms with E-state index in [1.54, 1.807) is 10.6 Å². The van der Waals surface area contributed by atoms with Crippen molar-refractivity contribution >= 4 is 22.8 Å². The maximum atomic E-state index is 2.56. The standard InChI is InChI=1S/C29H39P/c1-27(2,3)22-20-25(28(4,5)6)30(23-16-12-10-13-17-23,24-18-14-11-15-19-24)26(21-22)29(7,8)9/h10-21H,1-9H3. The summed E-state index contributed by atoms with van der Waals surface area (Å²) in [5, 5.41) is 6.10. The van der Waals surface area contributed by atoms with E-state index in [0.29, 0.717) is 0 Å². The van der Waals surface area contributed by atoms with Crippen LogP contribution in [0.4, 0.5) is 0 Å². The van der Waals surface area contributed by atoms with Crippen molar-refractivity contribution in [3.05, 3.63) is 83.7 Å². The lowest BCUT2D eigenvalue weighted by Crippen LogP contribution is -2.35. The first-order valence-electron chi connectivity index (χ1n) is 11.1. The summed E-state index contributed by atoms with van der Waals surface area (Å²) >= 11 is 0. The summed E-state index contributed by atoms with van der Waals surface area (Å²) in [6.07, 6.45) is 5.12. The van der Waals surface area contributed by atoms with E-state index in [0.717, 1.165) is 0 Å². The van der Waals surface area contributed by atoms with Gasteiger partial charge in [-0.1, -0.05) is 135 Å². The normalized spacial score (nSPS) is 17.4. The zero-order valence-electron chi connectivity index (χ0n) is 20.4. The molecular weight excluding hydrogens is 379 g/mol. The molecule has 0 saturated carbocycles. The van der Waals surface area contributed by atoms with E-state index >= 15 is 0 Å². The maximum Gasteiger partial charge on any atom is -0.0121 e. The zero-order chi connectivity index (χ0) is 22.4. The molecule has 0 radical (unpaired) electrons. The quantitative estimate of drug-likeness (QED) is 0.437. The Labute approximate surface area is 185 Å². The molecule has 0 saturated heterocycles. The predicted octanol–water partition coefficient (Wildman–Crippen LogP) is 7.79. The summed E-state index contributed by atoms with van der Waals surface area (Å²) in [7, 11) is 0. The summed E-state index contributed by atoms with van der Waals surface area (Å²) < 4.78 is 0. The van der Waals surface area contributed by atoms with Crippen LogP contribution in [-0.2, 0) is 0 Å². The Morgan fingerprint density at radius 1 is 0.500 bits per heavy atom. The molecule has 160 valence electrons. The van der Waals surface area contributed by atoms with Crippen LogP contribution in [0.25, 0.3) is 0 Å². The van der Waals surface area contributed by atoms with Crippen molar-refractivity contribution in [2.45, 2.75) is 62.3 Å². The average Bonchev–Trinajstić information content (AvgIpc) is 2.66. The molecule has 0 aliphatic carbocycles. The van der Waals surface area contributed by atoms with E-state index in [1.165, 1.54) is 16.2 Å². The van der Waals surface area contributed by atoms with E-state index in [-0.39, 0.29) is 16.2 Å². The second-order valence-electron chi connectivity index (χ2n) is 11.6. The van der Waals surface area contributed by atoms with Gasteiger partial charge < -0.3 is 0 Å². The van der Waals surface area contributed by atoms with Crippen LogP contribution in [0, 0.1) is 16.2 Å². The average molecular weight is 419 g/mol.